The van der Waals surface area contributed by atoms with Crippen LogP contribution in [-0.2, 0) is 10.0 Å². The van der Waals surface area contributed by atoms with Crippen molar-refractivity contribution in [1.82, 2.24) is 24.7 Å². The fourth-order valence-corrected chi connectivity index (χ4v) is 4.55. The molecule has 0 aliphatic carbocycles. The number of aliphatic hydroxyl groups is 1. The normalized spacial score (nSPS) is 13.1. The minimum atomic E-state index is -4.26. The first kappa shape index (κ1) is 25.9. The molecule has 0 aliphatic heterocycles. The van der Waals surface area contributed by atoms with Gasteiger partial charge in [-0.15, -0.1) is 10.2 Å². The van der Waals surface area contributed by atoms with Gasteiger partial charge >= 0.3 is 0 Å². The molecule has 14 heteroatoms. The molecular weight excluding hydrogens is 504 g/mol. The van der Waals surface area contributed by atoms with E-state index in [-0.39, 0.29) is 17.6 Å². The molecule has 0 unspecified atom stereocenters. The van der Waals surface area contributed by atoms with Gasteiger partial charge in [0.05, 0.1) is 33.7 Å². The molecule has 0 bridgehead atoms. The van der Waals surface area contributed by atoms with Crippen LogP contribution < -0.4 is 18.9 Å². The van der Waals surface area contributed by atoms with Crippen LogP contribution in [0.4, 0.5) is 5.95 Å². The van der Waals surface area contributed by atoms with Crippen LogP contribution in [0.3, 0.4) is 0 Å². The Morgan fingerprint density at radius 2 is 1.65 bits per heavy atom. The highest BCUT2D eigenvalue weighted by atomic mass is 32.2. The van der Waals surface area contributed by atoms with Crippen molar-refractivity contribution < 1.29 is 32.2 Å². The number of aryl methyl sites for hydroxylation is 1. The van der Waals surface area contributed by atoms with Gasteiger partial charge < -0.3 is 23.7 Å². The van der Waals surface area contributed by atoms with Gasteiger partial charge in [-0.3, -0.25) is 9.29 Å². The lowest BCUT2D eigenvalue weighted by Gasteiger charge is -2.20. The number of benzene rings is 1. The van der Waals surface area contributed by atoms with Crippen molar-refractivity contribution in [3.05, 3.63) is 54.3 Å². The molecule has 0 radical (unpaired) electrons. The second-order valence-corrected chi connectivity index (χ2v) is 9.92. The molecule has 0 amide bonds. The first-order valence-electron chi connectivity index (χ1n) is 11.0. The van der Waals surface area contributed by atoms with Crippen LogP contribution in [0.5, 0.6) is 17.2 Å². The number of ether oxygens (including phenoxy) is 3. The Labute approximate surface area is 213 Å². The average molecular weight is 531 g/mol. The van der Waals surface area contributed by atoms with E-state index in [9.17, 15) is 13.5 Å². The maximum absolute atomic E-state index is 13.4. The van der Waals surface area contributed by atoms with Crippen molar-refractivity contribution >= 4 is 16.0 Å². The first-order chi connectivity index (χ1) is 17.7. The summed E-state index contributed by atoms with van der Waals surface area (Å²) in [5.41, 5.74) is 0.339. The molecular formula is C23H26N6O7S. The molecule has 0 saturated carbocycles. The minimum absolute atomic E-state index is 0.0849. The van der Waals surface area contributed by atoms with E-state index in [0.717, 1.165) is 0 Å². The summed E-state index contributed by atoms with van der Waals surface area (Å²) in [6, 6.07) is 8.51. The zero-order chi connectivity index (χ0) is 26.7. The Balaban J connectivity index is 1.79. The lowest BCUT2D eigenvalue weighted by Crippen LogP contribution is -2.32. The second kappa shape index (κ2) is 10.4. The summed E-state index contributed by atoms with van der Waals surface area (Å²) in [5.74, 6) is 1.98. The van der Waals surface area contributed by atoms with Gasteiger partial charge in [0.1, 0.15) is 34.3 Å². The SMILES string of the molecule is COc1cnc([C@@H](O)[C@H](C)S(=O)(=O)Nc2nnc(-c3ccc(C)o3)n2-c2c(OC)cccc2OC)nc1. The summed E-state index contributed by atoms with van der Waals surface area (Å²) >= 11 is 0. The van der Waals surface area contributed by atoms with Crippen molar-refractivity contribution in [3.8, 4) is 34.5 Å². The van der Waals surface area contributed by atoms with Gasteiger partial charge in [0, 0.05) is 0 Å². The maximum atomic E-state index is 13.4. The topological polar surface area (TPSA) is 164 Å². The predicted octanol–water partition coefficient (Wildman–Crippen LogP) is 2.52. The third-order valence-corrected chi connectivity index (χ3v) is 7.27. The van der Waals surface area contributed by atoms with Crippen LogP contribution in [0, 0.1) is 6.92 Å². The van der Waals surface area contributed by atoms with Crippen LogP contribution in [0.15, 0.2) is 47.1 Å². The van der Waals surface area contributed by atoms with Crippen LogP contribution in [-0.4, -0.2) is 64.8 Å². The Morgan fingerprint density at radius 1 is 1.00 bits per heavy atom. The third kappa shape index (κ3) is 5.06. The summed E-state index contributed by atoms with van der Waals surface area (Å²) in [6.45, 7) is 3.09. The molecule has 0 aliphatic rings. The number of hydrogen-bond donors (Lipinski definition) is 2. The van der Waals surface area contributed by atoms with Gasteiger partial charge in [0.2, 0.25) is 21.8 Å². The van der Waals surface area contributed by atoms with Gasteiger partial charge in [-0.1, -0.05) is 6.07 Å². The van der Waals surface area contributed by atoms with Crippen molar-refractivity contribution in [3.63, 3.8) is 0 Å². The molecule has 0 saturated heterocycles. The number of rotatable bonds is 10. The van der Waals surface area contributed by atoms with Crippen LogP contribution in [0.1, 0.15) is 24.6 Å². The number of anilines is 1. The smallest absolute Gasteiger partial charge is 0.243 e. The van der Waals surface area contributed by atoms with E-state index in [0.29, 0.717) is 34.5 Å². The van der Waals surface area contributed by atoms with E-state index < -0.39 is 21.4 Å². The van der Waals surface area contributed by atoms with Crippen molar-refractivity contribution in [2.45, 2.75) is 25.2 Å². The Kier molecular flexibility index (Phi) is 7.31. The number of aliphatic hydroxyl groups excluding tert-OH is 1. The highest BCUT2D eigenvalue weighted by molar-refractivity contribution is 7.93. The largest absolute Gasteiger partial charge is 0.494 e. The molecule has 3 heterocycles. The molecule has 3 aromatic heterocycles. The molecule has 13 nitrogen and oxygen atoms in total. The average Bonchev–Trinajstić information content (AvgIpc) is 3.52. The van der Waals surface area contributed by atoms with Gasteiger partial charge in [-0.2, -0.15) is 0 Å². The summed E-state index contributed by atoms with van der Waals surface area (Å²) < 4.78 is 52.4. The monoisotopic (exact) mass is 530 g/mol. The summed E-state index contributed by atoms with van der Waals surface area (Å²) in [7, 11) is 0.122. The number of aromatic nitrogens is 5. The lowest BCUT2D eigenvalue weighted by atomic mass is 10.2. The summed E-state index contributed by atoms with van der Waals surface area (Å²) in [5, 5.41) is 17.6. The molecule has 2 N–H and O–H groups in total. The number of sulfonamides is 1. The van der Waals surface area contributed by atoms with Crippen LogP contribution in [0.25, 0.3) is 17.3 Å². The van der Waals surface area contributed by atoms with Crippen LogP contribution in [0.2, 0.25) is 0 Å². The molecule has 37 heavy (non-hydrogen) atoms. The predicted molar refractivity (Wildman–Crippen MR) is 132 cm³/mol. The number of nitrogens with zero attached hydrogens (tertiary/aromatic N) is 5. The number of methoxy groups -OCH3 is 3. The second-order valence-electron chi connectivity index (χ2n) is 7.88. The number of nitrogens with one attached hydrogen (secondary N) is 1. The molecule has 2 atom stereocenters. The summed E-state index contributed by atoms with van der Waals surface area (Å²) in [6.07, 6.45) is 1.12. The van der Waals surface area contributed by atoms with Gasteiger partial charge in [-0.25, -0.2) is 18.4 Å². The Hall–Kier alpha value is -4.17. The fraction of sp³-hybridized carbons (Fsp3) is 0.304. The molecule has 1 aromatic carbocycles. The molecule has 0 spiro atoms. The summed E-state index contributed by atoms with van der Waals surface area (Å²) in [4.78, 5) is 7.98. The van der Waals surface area contributed by atoms with E-state index in [1.807, 2.05) is 0 Å². The number of para-hydroxylation sites is 1. The van der Waals surface area contributed by atoms with E-state index in [1.54, 1.807) is 37.3 Å². The van der Waals surface area contributed by atoms with Gasteiger partial charge in [0.25, 0.3) is 0 Å². The fourth-order valence-electron chi connectivity index (χ4n) is 3.51. The Bertz CT molecular complexity index is 1460. The highest BCUT2D eigenvalue weighted by Crippen LogP contribution is 2.38. The number of furan rings is 1. The van der Waals surface area contributed by atoms with E-state index in [1.165, 1.54) is 45.2 Å². The highest BCUT2D eigenvalue weighted by Gasteiger charge is 2.34. The molecule has 4 rings (SSSR count). The van der Waals surface area contributed by atoms with E-state index in [4.69, 9.17) is 18.6 Å². The number of hydrogen-bond acceptors (Lipinski definition) is 11. The molecule has 0 fully saturated rings. The maximum Gasteiger partial charge on any atom is 0.243 e. The third-order valence-electron chi connectivity index (χ3n) is 5.57. The molecule has 196 valence electrons. The van der Waals surface area contributed by atoms with Gasteiger partial charge in [-0.05, 0) is 38.1 Å². The Morgan fingerprint density at radius 3 is 2.19 bits per heavy atom. The minimum Gasteiger partial charge on any atom is -0.494 e. The quantitative estimate of drug-likeness (QED) is 0.309. The van der Waals surface area contributed by atoms with Gasteiger partial charge in [0.15, 0.2) is 17.3 Å². The standard InChI is InChI=1S/C23H26N6O7S/c1-13-9-10-18(36-13)22-26-27-23(29(22)19-16(34-4)7-6-8-17(19)35-5)28-37(31,32)14(2)20(30)21-24-11-15(33-3)12-25-21/h6-12,14,20,30H,1-5H3,(H,27,28)/t14-,20-/m0/s1. The zero-order valence-electron chi connectivity index (χ0n) is 20.7. The van der Waals surface area contributed by atoms with Crippen molar-refractivity contribution in [2.75, 3.05) is 26.1 Å². The molecule has 4 aromatic rings. The van der Waals surface area contributed by atoms with Crippen molar-refractivity contribution in [1.29, 1.82) is 0 Å². The zero-order valence-corrected chi connectivity index (χ0v) is 21.6. The lowest BCUT2D eigenvalue weighted by molar-refractivity contribution is 0.166. The van der Waals surface area contributed by atoms with E-state index in [2.05, 4.69) is 24.9 Å². The van der Waals surface area contributed by atoms with Crippen molar-refractivity contribution in [2.24, 2.45) is 0 Å². The van der Waals surface area contributed by atoms with E-state index >= 15 is 0 Å². The van der Waals surface area contributed by atoms with Crippen LogP contribution >= 0.6 is 0 Å². The first-order valence-corrected chi connectivity index (χ1v) is 12.5.